The molecule has 0 heterocycles. The highest BCUT2D eigenvalue weighted by Crippen LogP contribution is 2.18. The van der Waals surface area contributed by atoms with E-state index in [-0.39, 0.29) is 18.4 Å². The van der Waals surface area contributed by atoms with Crippen LogP contribution in [0.15, 0.2) is 78.9 Å². The molecular formula is C27H30N2O3. The van der Waals surface area contributed by atoms with Gasteiger partial charge in [0.25, 0.3) is 5.91 Å². The van der Waals surface area contributed by atoms with Crippen LogP contribution in [0.1, 0.15) is 22.3 Å². The molecule has 5 heteroatoms. The van der Waals surface area contributed by atoms with E-state index in [1.165, 1.54) is 0 Å². The number of carbonyl (C=O) groups is 2. The highest BCUT2D eigenvalue weighted by Gasteiger charge is 2.30. The topological polar surface area (TPSA) is 58.6 Å². The predicted octanol–water partition coefficient (Wildman–Crippen LogP) is 4.07. The molecule has 3 aromatic rings. The lowest BCUT2D eigenvalue weighted by Gasteiger charge is -2.31. The van der Waals surface area contributed by atoms with Crippen molar-refractivity contribution in [3.05, 3.63) is 101 Å². The first-order chi connectivity index (χ1) is 15.5. The standard InChI is InChI=1S/C27H30N2O3/c1-20-14-21(2)16-24(15-20)32-19-26(30)29(18-23-12-8-5-9-13-23)25(27(31)28-3)17-22-10-6-4-7-11-22/h4-16,25H,17-19H2,1-3H3,(H,28,31). The maximum atomic E-state index is 13.4. The molecule has 5 nitrogen and oxygen atoms in total. The smallest absolute Gasteiger partial charge is 0.261 e. The van der Waals surface area contributed by atoms with Crippen LogP contribution >= 0.6 is 0 Å². The Balaban J connectivity index is 1.85. The Hall–Kier alpha value is -3.60. The number of rotatable bonds is 9. The van der Waals surface area contributed by atoms with E-state index in [0.29, 0.717) is 18.7 Å². The van der Waals surface area contributed by atoms with Crippen LogP contribution in [0.4, 0.5) is 0 Å². The van der Waals surface area contributed by atoms with E-state index < -0.39 is 6.04 Å². The third kappa shape index (κ3) is 6.45. The van der Waals surface area contributed by atoms with Crippen LogP contribution in [0.2, 0.25) is 0 Å². The number of nitrogens with zero attached hydrogens (tertiary/aromatic N) is 1. The summed E-state index contributed by atoms with van der Waals surface area (Å²) < 4.78 is 5.84. The minimum absolute atomic E-state index is 0.141. The second-order valence-electron chi connectivity index (χ2n) is 7.94. The fourth-order valence-electron chi connectivity index (χ4n) is 3.74. The van der Waals surface area contributed by atoms with Gasteiger partial charge in [-0.1, -0.05) is 66.7 Å². The molecule has 3 rings (SSSR count). The molecule has 1 N–H and O–H groups in total. The molecule has 1 atom stereocenters. The van der Waals surface area contributed by atoms with Crippen LogP contribution in [0, 0.1) is 13.8 Å². The van der Waals surface area contributed by atoms with Gasteiger partial charge in [-0.3, -0.25) is 9.59 Å². The summed E-state index contributed by atoms with van der Waals surface area (Å²) in [4.78, 5) is 27.8. The monoisotopic (exact) mass is 430 g/mol. The highest BCUT2D eigenvalue weighted by atomic mass is 16.5. The van der Waals surface area contributed by atoms with Crippen LogP contribution in [-0.4, -0.2) is 36.4 Å². The molecule has 3 aromatic carbocycles. The summed E-state index contributed by atoms with van der Waals surface area (Å²) in [5.41, 5.74) is 4.08. The molecule has 32 heavy (non-hydrogen) atoms. The number of likely N-dealkylation sites (N-methyl/N-ethyl adjacent to an activating group) is 1. The van der Waals surface area contributed by atoms with Gasteiger partial charge in [0.15, 0.2) is 6.61 Å². The number of amides is 2. The Kier molecular flexibility index (Phi) is 8.03. The molecule has 0 radical (unpaired) electrons. The Bertz CT molecular complexity index is 1020. The third-order valence-electron chi connectivity index (χ3n) is 5.27. The minimum atomic E-state index is -0.655. The van der Waals surface area contributed by atoms with E-state index in [1.54, 1.807) is 11.9 Å². The van der Waals surface area contributed by atoms with Crippen molar-refractivity contribution in [1.29, 1.82) is 0 Å². The van der Waals surface area contributed by atoms with Crippen molar-refractivity contribution < 1.29 is 14.3 Å². The van der Waals surface area contributed by atoms with Gasteiger partial charge in [-0.25, -0.2) is 0 Å². The summed E-state index contributed by atoms with van der Waals surface area (Å²) in [6.07, 6.45) is 0.419. The zero-order valence-corrected chi connectivity index (χ0v) is 18.9. The molecule has 0 spiro atoms. The molecule has 0 aliphatic rings. The molecule has 0 bridgehead atoms. The lowest BCUT2D eigenvalue weighted by atomic mass is 10.0. The Labute approximate surface area is 190 Å². The van der Waals surface area contributed by atoms with Gasteiger partial charge in [0.2, 0.25) is 5.91 Å². The van der Waals surface area contributed by atoms with E-state index in [1.807, 2.05) is 86.6 Å². The van der Waals surface area contributed by atoms with Crippen molar-refractivity contribution in [2.24, 2.45) is 0 Å². The first kappa shape index (κ1) is 23.1. The first-order valence-corrected chi connectivity index (χ1v) is 10.8. The van der Waals surface area contributed by atoms with E-state index >= 15 is 0 Å². The Morgan fingerprint density at radius 2 is 1.44 bits per heavy atom. The van der Waals surface area contributed by atoms with Crippen molar-refractivity contribution in [2.75, 3.05) is 13.7 Å². The van der Waals surface area contributed by atoms with Gasteiger partial charge in [0.05, 0.1) is 0 Å². The maximum absolute atomic E-state index is 13.4. The normalized spacial score (nSPS) is 11.5. The van der Waals surface area contributed by atoms with E-state index in [9.17, 15) is 9.59 Å². The Morgan fingerprint density at radius 1 is 0.875 bits per heavy atom. The van der Waals surface area contributed by atoms with Crippen LogP contribution in [0.3, 0.4) is 0 Å². The summed E-state index contributed by atoms with van der Waals surface area (Å²) in [7, 11) is 1.59. The van der Waals surface area contributed by atoms with Crippen molar-refractivity contribution in [2.45, 2.75) is 32.9 Å². The van der Waals surface area contributed by atoms with E-state index in [2.05, 4.69) is 11.4 Å². The molecule has 0 saturated carbocycles. The molecule has 0 aliphatic carbocycles. The molecule has 0 fully saturated rings. The highest BCUT2D eigenvalue weighted by molar-refractivity contribution is 5.88. The molecule has 166 valence electrons. The van der Waals surface area contributed by atoms with Crippen LogP contribution in [0.5, 0.6) is 5.75 Å². The number of nitrogens with one attached hydrogen (secondary N) is 1. The van der Waals surface area contributed by atoms with Crippen molar-refractivity contribution in [3.63, 3.8) is 0 Å². The van der Waals surface area contributed by atoms with Gasteiger partial charge in [0, 0.05) is 20.0 Å². The first-order valence-electron chi connectivity index (χ1n) is 10.8. The summed E-state index contributed by atoms with van der Waals surface area (Å²) in [5.74, 6) is 0.206. The number of ether oxygens (including phenoxy) is 1. The van der Waals surface area contributed by atoms with Crippen molar-refractivity contribution in [1.82, 2.24) is 10.2 Å². The lowest BCUT2D eigenvalue weighted by Crippen LogP contribution is -2.51. The molecular weight excluding hydrogens is 400 g/mol. The number of aryl methyl sites for hydroxylation is 2. The third-order valence-corrected chi connectivity index (χ3v) is 5.27. The summed E-state index contributed by atoms with van der Waals surface area (Å²) >= 11 is 0. The molecule has 0 saturated heterocycles. The number of hydrogen-bond donors (Lipinski definition) is 1. The Morgan fingerprint density at radius 3 is 2.00 bits per heavy atom. The fourth-order valence-corrected chi connectivity index (χ4v) is 3.74. The van der Waals surface area contributed by atoms with Crippen LogP contribution in [-0.2, 0) is 22.6 Å². The van der Waals surface area contributed by atoms with Gasteiger partial charge in [0.1, 0.15) is 11.8 Å². The lowest BCUT2D eigenvalue weighted by molar-refractivity contribution is -0.142. The molecule has 0 aromatic heterocycles. The zero-order chi connectivity index (χ0) is 22.9. The quantitative estimate of drug-likeness (QED) is 0.557. The van der Waals surface area contributed by atoms with Gasteiger partial charge < -0.3 is 15.0 Å². The number of carbonyl (C=O) groups excluding carboxylic acids is 2. The molecule has 0 aliphatic heterocycles. The van der Waals surface area contributed by atoms with Crippen molar-refractivity contribution in [3.8, 4) is 5.75 Å². The van der Waals surface area contributed by atoms with Gasteiger partial charge >= 0.3 is 0 Å². The summed E-state index contributed by atoms with van der Waals surface area (Å²) in [6.45, 7) is 4.16. The van der Waals surface area contributed by atoms with Crippen LogP contribution < -0.4 is 10.1 Å². The number of benzene rings is 3. The predicted molar refractivity (Wildman–Crippen MR) is 126 cm³/mol. The SMILES string of the molecule is CNC(=O)C(Cc1ccccc1)N(Cc1ccccc1)C(=O)COc1cc(C)cc(C)c1. The fraction of sp³-hybridized carbons (Fsp3) is 0.259. The zero-order valence-electron chi connectivity index (χ0n) is 18.9. The maximum Gasteiger partial charge on any atom is 0.261 e. The van der Waals surface area contributed by atoms with Crippen molar-refractivity contribution >= 4 is 11.8 Å². The largest absolute Gasteiger partial charge is 0.484 e. The van der Waals surface area contributed by atoms with Gasteiger partial charge in [-0.2, -0.15) is 0 Å². The van der Waals surface area contributed by atoms with E-state index in [0.717, 1.165) is 22.3 Å². The van der Waals surface area contributed by atoms with Gasteiger partial charge in [-0.15, -0.1) is 0 Å². The summed E-state index contributed by atoms with van der Waals surface area (Å²) in [5, 5.41) is 2.72. The van der Waals surface area contributed by atoms with Crippen LogP contribution in [0.25, 0.3) is 0 Å². The molecule has 2 amide bonds. The summed E-state index contributed by atoms with van der Waals surface area (Å²) in [6, 6.07) is 24.6. The average molecular weight is 431 g/mol. The van der Waals surface area contributed by atoms with E-state index in [4.69, 9.17) is 4.74 Å². The second-order valence-corrected chi connectivity index (χ2v) is 7.94. The minimum Gasteiger partial charge on any atom is -0.484 e. The average Bonchev–Trinajstić information content (AvgIpc) is 2.80. The van der Waals surface area contributed by atoms with Gasteiger partial charge in [-0.05, 0) is 48.2 Å². The number of hydrogen-bond acceptors (Lipinski definition) is 3. The second kappa shape index (κ2) is 11.1. The molecule has 1 unspecified atom stereocenters.